The van der Waals surface area contributed by atoms with Gasteiger partial charge < -0.3 is 10.6 Å². The van der Waals surface area contributed by atoms with Crippen LogP contribution in [0.25, 0.3) is 0 Å². The van der Waals surface area contributed by atoms with Crippen LogP contribution in [-0.2, 0) is 13.0 Å². The van der Waals surface area contributed by atoms with E-state index in [9.17, 15) is 0 Å². The molecule has 102 valence electrons. The summed E-state index contributed by atoms with van der Waals surface area (Å²) in [5.74, 6) is 1.69. The molecular weight excluding hydrogens is 222 g/mol. The van der Waals surface area contributed by atoms with Crippen molar-refractivity contribution < 1.29 is 0 Å². The van der Waals surface area contributed by atoms with Gasteiger partial charge in [-0.1, -0.05) is 20.8 Å². The zero-order valence-electron chi connectivity index (χ0n) is 12.4. The molecule has 0 aromatic carbocycles. The van der Waals surface area contributed by atoms with E-state index < -0.39 is 0 Å². The third-order valence-electron chi connectivity index (χ3n) is 3.00. The minimum absolute atomic E-state index is 0.456. The van der Waals surface area contributed by atoms with Crippen molar-refractivity contribution >= 4 is 5.82 Å². The molecule has 0 radical (unpaired) electrons. The van der Waals surface area contributed by atoms with E-state index in [4.69, 9.17) is 10.7 Å². The first-order valence-corrected chi connectivity index (χ1v) is 6.94. The molecule has 3 nitrogen and oxygen atoms in total. The van der Waals surface area contributed by atoms with Crippen molar-refractivity contribution in [3.63, 3.8) is 0 Å². The van der Waals surface area contributed by atoms with Crippen LogP contribution in [0.2, 0.25) is 0 Å². The number of nitrogens with two attached hydrogens (primary N) is 1. The molecule has 0 atom stereocenters. The van der Waals surface area contributed by atoms with Crippen LogP contribution < -0.4 is 10.6 Å². The first kappa shape index (κ1) is 15.0. The lowest BCUT2D eigenvalue weighted by Crippen LogP contribution is -2.35. The fraction of sp³-hybridized carbons (Fsp3) is 0.667. The van der Waals surface area contributed by atoms with Crippen molar-refractivity contribution in [3.05, 3.63) is 23.4 Å². The molecule has 18 heavy (non-hydrogen) atoms. The van der Waals surface area contributed by atoms with Gasteiger partial charge in [0.2, 0.25) is 0 Å². The third-order valence-corrected chi connectivity index (χ3v) is 3.00. The number of anilines is 1. The van der Waals surface area contributed by atoms with Crippen LogP contribution in [0.5, 0.6) is 0 Å². The predicted octanol–water partition coefficient (Wildman–Crippen LogP) is 2.97. The quantitative estimate of drug-likeness (QED) is 0.843. The molecule has 0 aliphatic rings. The third kappa shape index (κ3) is 3.98. The molecule has 0 bridgehead atoms. The fourth-order valence-corrected chi connectivity index (χ4v) is 2.04. The van der Waals surface area contributed by atoms with E-state index in [1.54, 1.807) is 0 Å². The standard InChI is InChI=1S/C15H27N3/c1-6-14-7-13(9-16)8-15(17-14)18(12(4)5)10-11(2)3/h7-8,11-12H,6,9-10,16H2,1-5H3. The van der Waals surface area contributed by atoms with Crippen LogP contribution in [0.1, 0.15) is 45.9 Å². The Morgan fingerprint density at radius 3 is 2.33 bits per heavy atom. The Kier molecular flexibility index (Phi) is 5.60. The lowest BCUT2D eigenvalue weighted by Gasteiger charge is -2.30. The number of rotatable bonds is 6. The van der Waals surface area contributed by atoms with E-state index in [0.29, 0.717) is 18.5 Å². The molecule has 0 aliphatic heterocycles. The van der Waals surface area contributed by atoms with E-state index in [2.05, 4.69) is 51.7 Å². The zero-order valence-corrected chi connectivity index (χ0v) is 12.4. The van der Waals surface area contributed by atoms with Crippen molar-refractivity contribution in [2.24, 2.45) is 11.7 Å². The maximum Gasteiger partial charge on any atom is 0.129 e. The summed E-state index contributed by atoms with van der Waals surface area (Å²) in [4.78, 5) is 7.11. The zero-order chi connectivity index (χ0) is 13.7. The van der Waals surface area contributed by atoms with Crippen LogP contribution in [0, 0.1) is 5.92 Å². The molecule has 0 saturated heterocycles. The number of hydrogen-bond acceptors (Lipinski definition) is 3. The van der Waals surface area contributed by atoms with E-state index in [0.717, 1.165) is 24.5 Å². The minimum atomic E-state index is 0.456. The first-order chi connectivity index (χ1) is 8.47. The largest absolute Gasteiger partial charge is 0.354 e. The molecule has 0 fully saturated rings. The second-order valence-electron chi connectivity index (χ2n) is 5.52. The first-order valence-electron chi connectivity index (χ1n) is 6.94. The highest BCUT2D eigenvalue weighted by molar-refractivity contribution is 5.43. The summed E-state index contributed by atoms with van der Waals surface area (Å²) >= 11 is 0. The Hall–Kier alpha value is -1.09. The van der Waals surface area contributed by atoms with Gasteiger partial charge in [0.15, 0.2) is 0 Å². The SMILES string of the molecule is CCc1cc(CN)cc(N(CC(C)C)C(C)C)n1. The Bertz CT molecular complexity index is 350. The van der Waals surface area contributed by atoms with Crippen LogP contribution >= 0.6 is 0 Å². The maximum atomic E-state index is 5.77. The van der Waals surface area contributed by atoms with Crippen LogP contribution in [0.15, 0.2) is 12.1 Å². The molecule has 0 aliphatic carbocycles. The van der Waals surface area contributed by atoms with Gasteiger partial charge in [-0.05, 0) is 43.9 Å². The molecule has 3 heteroatoms. The highest BCUT2D eigenvalue weighted by atomic mass is 15.2. The Morgan fingerprint density at radius 2 is 1.89 bits per heavy atom. The highest BCUT2D eigenvalue weighted by Gasteiger charge is 2.14. The molecule has 1 aromatic rings. The molecule has 0 unspecified atom stereocenters. The summed E-state index contributed by atoms with van der Waals surface area (Å²) < 4.78 is 0. The summed E-state index contributed by atoms with van der Waals surface area (Å²) in [5, 5.41) is 0. The van der Waals surface area contributed by atoms with Crippen LogP contribution in [0.4, 0.5) is 5.82 Å². The van der Waals surface area contributed by atoms with Gasteiger partial charge >= 0.3 is 0 Å². The summed E-state index contributed by atoms with van der Waals surface area (Å²) in [5.41, 5.74) is 8.07. The van der Waals surface area contributed by atoms with Gasteiger partial charge in [-0.25, -0.2) is 4.98 Å². The highest BCUT2D eigenvalue weighted by Crippen LogP contribution is 2.19. The van der Waals surface area contributed by atoms with Gasteiger partial charge in [0.05, 0.1) is 0 Å². The second kappa shape index (κ2) is 6.74. The van der Waals surface area contributed by atoms with Crippen molar-refractivity contribution in [2.75, 3.05) is 11.4 Å². The molecule has 0 saturated carbocycles. The normalized spacial score (nSPS) is 11.3. The van der Waals surface area contributed by atoms with Gasteiger partial charge in [-0.2, -0.15) is 0 Å². The van der Waals surface area contributed by atoms with Gasteiger partial charge in [-0.3, -0.25) is 0 Å². The summed E-state index contributed by atoms with van der Waals surface area (Å²) in [7, 11) is 0. The molecule has 0 spiro atoms. The van der Waals surface area contributed by atoms with Crippen LogP contribution in [0.3, 0.4) is 0 Å². The summed E-state index contributed by atoms with van der Waals surface area (Å²) in [6.45, 7) is 12.6. The van der Waals surface area contributed by atoms with Crippen LogP contribution in [-0.4, -0.2) is 17.6 Å². The van der Waals surface area contributed by atoms with Crippen molar-refractivity contribution in [3.8, 4) is 0 Å². The second-order valence-corrected chi connectivity index (χ2v) is 5.52. The van der Waals surface area contributed by atoms with Crippen molar-refractivity contribution in [1.29, 1.82) is 0 Å². The number of pyridine rings is 1. The molecule has 0 amide bonds. The lowest BCUT2D eigenvalue weighted by atomic mass is 10.1. The average molecular weight is 249 g/mol. The summed E-state index contributed by atoms with van der Waals surface area (Å²) in [6, 6.07) is 4.69. The van der Waals surface area contributed by atoms with Gasteiger partial charge in [-0.15, -0.1) is 0 Å². The minimum Gasteiger partial charge on any atom is -0.354 e. The van der Waals surface area contributed by atoms with Gasteiger partial charge in [0.1, 0.15) is 5.82 Å². The molecule has 2 N–H and O–H groups in total. The Balaban J connectivity index is 3.09. The van der Waals surface area contributed by atoms with Crippen molar-refractivity contribution in [2.45, 2.75) is 53.6 Å². The smallest absolute Gasteiger partial charge is 0.129 e. The topological polar surface area (TPSA) is 42.1 Å². The predicted molar refractivity (Wildman–Crippen MR) is 78.8 cm³/mol. The molecule has 1 rings (SSSR count). The van der Waals surface area contributed by atoms with E-state index >= 15 is 0 Å². The Morgan fingerprint density at radius 1 is 1.22 bits per heavy atom. The number of nitrogens with zero attached hydrogens (tertiary/aromatic N) is 2. The van der Waals surface area contributed by atoms with Gasteiger partial charge in [0.25, 0.3) is 0 Å². The Labute approximate surface area is 111 Å². The molecular formula is C15H27N3. The van der Waals surface area contributed by atoms with E-state index in [1.807, 2.05) is 0 Å². The summed E-state index contributed by atoms with van der Waals surface area (Å²) in [6.07, 6.45) is 0.953. The molecule has 1 aromatic heterocycles. The van der Waals surface area contributed by atoms with Crippen molar-refractivity contribution in [1.82, 2.24) is 4.98 Å². The lowest BCUT2D eigenvalue weighted by molar-refractivity contribution is 0.565. The maximum absolute atomic E-state index is 5.77. The van der Waals surface area contributed by atoms with E-state index in [1.165, 1.54) is 5.56 Å². The molecule has 1 heterocycles. The number of aryl methyl sites for hydroxylation is 1. The van der Waals surface area contributed by atoms with Gasteiger partial charge in [0, 0.05) is 24.8 Å². The number of aromatic nitrogens is 1. The average Bonchev–Trinajstić information content (AvgIpc) is 2.34. The number of hydrogen-bond donors (Lipinski definition) is 1. The fourth-order valence-electron chi connectivity index (χ4n) is 2.04. The monoisotopic (exact) mass is 249 g/mol. The van der Waals surface area contributed by atoms with E-state index in [-0.39, 0.29) is 0 Å².